The van der Waals surface area contributed by atoms with E-state index in [1.807, 2.05) is 0 Å². The van der Waals surface area contributed by atoms with Gasteiger partial charge < -0.3 is 5.11 Å². The number of hydrogen-bond acceptors (Lipinski definition) is 3. The molecule has 94 valence electrons. The fourth-order valence-electron chi connectivity index (χ4n) is 1.14. The quantitative estimate of drug-likeness (QED) is 0.768. The highest BCUT2D eigenvalue weighted by Gasteiger charge is 2.24. The third kappa shape index (κ3) is 3.77. The lowest BCUT2D eigenvalue weighted by atomic mass is 10.1. The summed E-state index contributed by atoms with van der Waals surface area (Å²) in [6.07, 6.45) is 0. The third-order valence-electron chi connectivity index (χ3n) is 2.02. The van der Waals surface area contributed by atoms with Gasteiger partial charge in [0.25, 0.3) is 0 Å². The van der Waals surface area contributed by atoms with Crippen LogP contribution in [0.25, 0.3) is 0 Å². The van der Waals surface area contributed by atoms with Gasteiger partial charge in [0.15, 0.2) is 0 Å². The van der Waals surface area contributed by atoms with Crippen LogP contribution in [0.1, 0.15) is 10.4 Å². The van der Waals surface area contributed by atoms with E-state index in [0.717, 1.165) is 0 Å². The Hall–Kier alpha value is -0.440. The minimum atomic E-state index is -3.73. The van der Waals surface area contributed by atoms with Gasteiger partial charge in [-0.1, -0.05) is 44.0 Å². The van der Waals surface area contributed by atoms with Crippen molar-refractivity contribution in [1.29, 1.82) is 0 Å². The minimum absolute atomic E-state index is 0.0117. The van der Waals surface area contributed by atoms with Gasteiger partial charge in [-0.15, -0.1) is 0 Å². The first-order valence-corrected chi connectivity index (χ1v) is 7.75. The highest BCUT2D eigenvalue weighted by atomic mass is 79.9. The van der Waals surface area contributed by atoms with Crippen LogP contribution in [-0.4, -0.2) is 24.3 Å². The Morgan fingerprint density at radius 3 is 2.06 bits per heavy atom. The zero-order chi connectivity index (χ0) is 13.2. The minimum Gasteiger partial charge on any atom is -0.480 e. The Labute approximate surface area is 115 Å². The van der Waals surface area contributed by atoms with Crippen LogP contribution in [0.3, 0.4) is 0 Å². The van der Waals surface area contributed by atoms with Gasteiger partial charge in [0.1, 0.15) is 4.83 Å². The molecule has 0 saturated heterocycles. The van der Waals surface area contributed by atoms with E-state index < -0.39 is 25.6 Å². The molecular weight excluding hydrogens is 378 g/mol. The molecule has 0 bridgehead atoms. The number of aliphatic carboxylic acids is 1. The molecule has 1 aromatic carbocycles. The summed E-state index contributed by atoms with van der Waals surface area (Å²) in [4.78, 5) is 9.47. The largest absolute Gasteiger partial charge is 0.480 e. The smallest absolute Gasteiger partial charge is 0.318 e. The zero-order valence-corrected chi connectivity index (χ0v) is 12.4. The second kappa shape index (κ2) is 5.47. The number of primary sulfonamides is 1. The summed E-state index contributed by atoms with van der Waals surface area (Å²) in [5.41, 5.74) is 0.640. The molecular formula is C9H9Br2NO4S. The summed E-state index contributed by atoms with van der Waals surface area (Å²) in [5.74, 6) is -1.01. The van der Waals surface area contributed by atoms with Crippen molar-refractivity contribution in [2.75, 3.05) is 0 Å². The lowest BCUT2D eigenvalue weighted by molar-refractivity contribution is -0.136. The molecule has 1 rings (SSSR count). The van der Waals surface area contributed by atoms with E-state index in [-0.39, 0.29) is 4.90 Å². The summed E-state index contributed by atoms with van der Waals surface area (Å²) in [6, 6.07) is 5.69. The van der Waals surface area contributed by atoms with Crippen LogP contribution in [-0.2, 0) is 14.8 Å². The summed E-state index contributed by atoms with van der Waals surface area (Å²) in [7, 11) is -3.73. The maximum absolute atomic E-state index is 11.0. The van der Waals surface area contributed by atoms with Crippen LogP contribution >= 0.6 is 31.9 Å². The SMILES string of the molecule is NS(=O)(=O)c1ccc(C(Br)C(Br)C(=O)O)cc1. The number of halogens is 2. The molecule has 0 fully saturated rings. The Morgan fingerprint density at radius 1 is 1.24 bits per heavy atom. The fraction of sp³-hybridized carbons (Fsp3) is 0.222. The molecule has 3 N–H and O–H groups in total. The molecule has 2 unspecified atom stereocenters. The van der Waals surface area contributed by atoms with E-state index in [1.54, 1.807) is 0 Å². The van der Waals surface area contributed by atoms with Gasteiger partial charge in [0.05, 0.1) is 9.72 Å². The van der Waals surface area contributed by atoms with Crippen molar-refractivity contribution in [1.82, 2.24) is 0 Å². The second-order valence-electron chi connectivity index (χ2n) is 3.26. The number of alkyl halides is 2. The highest BCUT2D eigenvalue weighted by Crippen LogP contribution is 2.31. The Bertz CT molecular complexity index is 514. The predicted molar refractivity (Wildman–Crippen MR) is 69.8 cm³/mol. The maximum Gasteiger partial charge on any atom is 0.318 e. The van der Waals surface area contributed by atoms with Gasteiger partial charge in [0, 0.05) is 0 Å². The van der Waals surface area contributed by atoms with Crippen LogP contribution in [0, 0.1) is 0 Å². The van der Waals surface area contributed by atoms with Crippen molar-refractivity contribution in [3.05, 3.63) is 29.8 Å². The lowest BCUT2D eigenvalue weighted by Crippen LogP contribution is -2.18. The Kier molecular flexibility index (Phi) is 4.70. The fourth-order valence-corrected chi connectivity index (χ4v) is 2.49. The van der Waals surface area contributed by atoms with Crippen molar-refractivity contribution in [2.24, 2.45) is 5.14 Å². The van der Waals surface area contributed by atoms with E-state index in [0.29, 0.717) is 5.56 Å². The summed E-state index contributed by atoms with van der Waals surface area (Å²) in [6.45, 7) is 0. The zero-order valence-electron chi connectivity index (χ0n) is 8.38. The van der Waals surface area contributed by atoms with Crippen molar-refractivity contribution in [3.63, 3.8) is 0 Å². The molecule has 2 atom stereocenters. The van der Waals surface area contributed by atoms with Crippen LogP contribution in [0.5, 0.6) is 0 Å². The Balaban J connectivity index is 2.99. The molecule has 5 nitrogen and oxygen atoms in total. The molecule has 0 spiro atoms. The van der Waals surface area contributed by atoms with Gasteiger partial charge in [0.2, 0.25) is 10.0 Å². The molecule has 0 aliphatic heterocycles. The number of sulfonamides is 1. The molecule has 0 radical (unpaired) electrons. The summed E-state index contributed by atoms with van der Waals surface area (Å²) >= 11 is 6.23. The normalized spacial score (nSPS) is 15.2. The molecule has 1 aromatic rings. The summed E-state index contributed by atoms with van der Waals surface area (Å²) < 4.78 is 22.0. The second-order valence-corrected chi connectivity index (χ2v) is 6.79. The highest BCUT2D eigenvalue weighted by molar-refractivity contribution is 9.12. The average Bonchev–Trinajstić information content (AvgIpc) is 2.26. The average molecular weight is 387 g/mol. The topological polar surface area (TPSA) is 97.5 Å². The van der Waals surface area contributed by atoms with E-state index in [1.165, 1.54) is 24.3 Å². The molecule has 0 aliphatic rings. The molecule has 0 heterocycles. The van der Waals surface area contributed by atoms with Crippen molar-refractivity contribution in [2.45, 2.75) is 14.5 Å². The van der Waals surface area contributed by atoms with E-state index in [9.17, 15) is 13.2 Å². The number of rotatable bonds is 4. The number of carboxylic acids is 1. The number of carbonyl (C=O) groups is 1. The van der Waals surface area contributed by atoms with Crippen molar-refractivity contribution >= 4 is 47.9 Å². The predicted octanol–water partition coefficient (Wildman–Crippen LogP) is 1.62. The Morgan fingerprint density at radius 2 is 1.71 bits per heavy atom. The maximum atomic E-state index is 11.0. The van der Waals surface area contributed by atoms with Gasteiger partial charge in [-0.2, -0.15) is 0 Å². The molecule has 17 heavy (non-hydrogen) atoms. The molecule has 8 heteroatoms. The third-order valence-corrected chi connectivity index (χ3v) is 5.64. The van der Waals surface area contributed by atoms with Gasteiger partial charge >= 0.3 is 5.97 Å². The molecule has 0 aliphatic carbocycles. The van der Waals surface area contributed by atoms with E-state index in [4.69, 9.17) is 10.2 Å². The molecule has 0 amide bonds. The van der Waals surface area contributed by atoms with Crippen LogP contribution in [0.2, 0.25) is 0 Å². The van der Waals surface area contributed by atoms with E-state index >= 15 is 0 Å². The number of nitrogens with two attached hydrogens (primary N) is 1. The van der Waals surface area contributed by atoms with Crippen LogP contribution < -0.4 is 5.14 Å². The number of hydrogen-bond donors (Lipinski definition) is 2. The van der Waals surface area contributed by atoms with Gasteiger partial charge in [-0.05, 0) is 17.7 Å². The van der Waals surface area contributed by atoms with Crippen molar-refractivity contribution < 1.29 is 18.3 Å². The first-order chi connectivity index (χ1) is 7.73. The van der Waals surface area contributed by atoms with Crippen LogP contribution in [0.4, 0.5) is 0 Å². The summed E-state index contributed by atoms with van der Waals surface area (Å²) in [5, 5.41) is 13.8. The standard InChI is InChI=1S/C9H9Br2NO4S/c10-7(8(11)9(13)14)5-1-3-6(4-2-5)17(12,15)16/h1-4,7-8H,(H,13,14)(H2,12,15,16). The number of benzene rings is 1. The number of carboxylic acid groups (broad SMARTS) is 1. The molecule has 0 aromatic heterocycles. The van der Waals surface area contributed by atoms with Crippen molar-refractivity contribution in [3.8, 4) is 0 Å². The first kappa shape index (κ1) is 14.6. The van der Waals surface area contributed by atoms with E-state index in [2.05, 4.69) is 31.9 Å². The van der Waals surface area contributed by atoms with Crippen LogP contribution in [0.15, 0.2) is 29.2 Å². The first-order valence-electron chi connectivity index (χ1n) is 4.37. The monoisotopic (exact) mass is 385 g/mol. The molecule has 0 saturated carbocycles. The van der Waals surface area contributed by atoms with Gasteiger partial charge in [-0.25, -0.2) is 13.6 Å². The van der Waals surface area contributed by atoms with Gasteiger partial charge in [-0.3, -0.25) is 4.79 Å². The lowest BCUT2D eigenvalue weighted by Gasteiger charge is -2.13.